The fourth-order valence-corrected chi connectivity index (χ4v) is 3.23. The number of anilines is 1. The van der Waals surface area contributed by atoms with Crippen molar-refractivity contribution in [3.63, 3.8) is 0 Å². The van der Waals surface area contributed by atoms with Crippen LogP contribution in [0.1, 0.15) is 19.8 Å². The summed E-state index contributed by atoms with van der Waals surface area (Å²) in [5.74, 6) is 1.99. The minimum atomic E-state index is -0.194. The number of hydrogen-bond donors (Lipinski definition) is 2. The topological polar surface area (TPSA) is 62.8 Å². The first kappa shape index (κ1) is 19.0. The molecule has 0 aliphatic carbocycles. The van der Waals surface area contributed by atoms with Gasteiger partial charge in [0.25, 0.3) is 0 Å². The summed E-state index contributed by atoms with van der Waals surface area (Å²) in [5.41, 5.74) is 0.716. The highest BCUT2D eigenvalue weighted by atomic mass is 16.5. The number of hydrogen-bond acceptors (Lipinski definition) is 4. The van der Waals surface area contributed by atoms with E-state index in [4.69, 9.17) is 9.47 Å². The molecule has 0 aromatic heterocycles. The molecule has 1 fully saturated rings. The summed E-state index contributed by atoms with van der Waals surface area (Å²) >= 11 is 0. The van der Waals surface area contributed by atoms with Gasteiger partial charge in [0, 0.05) is 18.3 Å². The van der Waals surface area contributed by atoms with Crippen LogP contribution < -0.4 is 20.1 Å². The molecule has 2 N–H and O–H groups in total. The Balaban J connectivity index is 1.50. The van der Waals surface area contributed by atoms with Crippen molar-refractivity contribution in [1.29, 1.82) is 0 Å². The first-order chi connectivity index (χ1) is 13.1. The Morgan fingerprint density at radius 2 is 1.74 bits per heavy atom. The van der Waals surface area contributed by atoms with Crippen molar-refractivity contribution in [2.24, 2.45) is 0 Å². The predicted octanol–water partition coefficient (Wildman–Crippen LogP) is 4.09. The lowest BCUT2D eigenvalue weighted by Crippen LogP contribution is -2.42. The van der Waals surface area contributed by atoms with E-state index in [1.807, 2.05) is 55.5 Å². The molecule has 2 amide bonds. The minimum Gasteiger partial charge on any atom is -0.493 e. The minimum absolute atomic E-state index is 0.108. The highest BCUT2D eigenvalue weighted by molar-refractivity contribution is 5.89. The fraction of sp³-hybridized carbons (Fsp3) is 0.381. The number of amides is 2. The number of carbonyl (C=O) groups excluding carboxylic acids is 1. The zero-order valence-corrected chi connectivity index (χ0v) is 15.9. The number of nitrogens with zero attached hydrogens (tertiary/aromatic N) is 1. The number of urea groups is 1. The molecule has 2 aromatic rings. The van der Waals surface area contributed by atoms with Crippen molar-refractivity contribution in [3.05, 3.63) is 48.5 Å². The first-order valence-electron chi connectivity index (χ1n) is 9.35. The molecule has 6 nitrogen and oxygen atoms in total. The van der Waals surface area contributed by atoms with Crippen LogP contribution in [0.5, 0.6) is 17.2 Å². The summed E-state index contributed by atoms with van der Waals surface area (Å²) in [7, 11) is 1.61. The fourth-order valence-electron chi connectivity index (χ4n) is 3.23. The van der Waals surface area contributed by atoms with Gasteiger partial charge in [0.1, 0.15) is 5.75 Å². The molecule has 144 valence electrons. The van der Waals surface area contributed by atoms with Crippen molar-refractivity contribution >= 4 is 11.7 Å². The zero-order valence-electron chi connectivity index (χ0n) is 15.9. The van der Waals surface area contributed by atoms with Crippen LogP contribution in [-0.2, 0) is 0 Å². The van der Waals surface area contributed by atoms with Crippen LogP contribution >= 0.6 is 0 Å². The Morgan fingerprint density at radius 1 is 1.07 bits per heavy atom. The molecule has 1 saturated heterocycles. The lowest BCUT2D eigenvalue weighted by molar-refractivity contribution is 0.242. The van der Waals surface area contributed by atoms with Gasteiger partial charge in [-0.25, -0.2) is 4.79 Å². The van der Waals surface area contributed by atoms with Crippen LogP contribution in [0.25, 0.3) is 0 Å². The quantitative estimate of drug-likeness (QED) is 0.771. The van der Waals surface area contributed by atoms with Crippen molar-refractivity contribution in [1.82, 2.24) is 10.2 Å². The molecule has 0 saturated carbocycles. The van der Waals surface area contributed by atoms with Gasteiger partial charge in [-0.3, -0.25) is 0 Å². The molecule has 1 heterocycles. The van der Waals surface area contributed by atoms with Gasteiger partial charge in [0.2, 0.25) is 0 Å². The van der Waals surface area contributed by atoms with Crippen LogP contribution in [-0.4, -0.2) is 43.7 Å². The summed E-state index contributed by atoms with van der Waals surface area (Å²) in [5, 5.41) is 5.85. The second kappa shape index (κ2) is 9.28. The number of rotatable bonds is 7. The summed E-state index contributed by atoms with van der Waals surface area (Å²) in [4.78, 5) is 14.6. The lowest BCUT2D eigenvalue weighted by atomic mass is 10.3. The number of ether oxygens (including phenoxy) is 2. The molecule has 1 aliphatic heterocycles. The number of carbonyl (C=O) groups is 1. The van der Waals surface area contributed by atoms with Crippen molar-refractivity contribution in [2.75, 3.05) is 32.1 Å². The SMILES string of the molecule is COc1ccccc1Oc1ccc(NC(=O)N[C@H](C)CN2CCCC2)cc1. The average Bonchev–Trinajstić information content (AvgIpc) is 3.16. The van der Waals surface area contributed by atoms with Gasteiger partial charge >= 0.3 is 6.03 Å². The van der Waals surface area contributed by atoms with Gasteiger partial charge in [0.05, 0.1) is 7.11 Å². The Labute approximate surface area is 160 Å². The number of benzene rings is 2. The molecule has 2 aromatic carbocycles. The number of para-hydroxylation sites is 2. The number of likely N-dealkylation sites (tertiary alicyclic amines) is 1. The maximum atomic E-state index is 12.2. The van der Waals surface area contributed by atoms with Gasteiger partial charge in [0.15, 0.2) is 11.5 Å². The van der Waals surface area contributed by atoms with Gasteiger partial charge in [-0.1, -0.05) is 12.1 Å². The Bertz CT molecular complexity index is 743. The van der Waals surface area contributed by atoms with Crippen LogP contribution in [0.3, 0.4) is 0 Å². The Hall–Kier alpha value is -2.73. The van der Waals surface area contributed by atoms with E-state index < -0.39 is 0 Å². The Kier molecular flexibility index (Phi) is 6.54. The van der Waals surface area contributed by atoms with E-state index in [0.717, 1.165) is 19.6 Å². The molecule has 1 atom stereocenters. The van der Waals surface area contributed by atoms with Gasteiger partial charge in [-0.2, -0.15) is 0 Å². The third-order valence-corrected chi connectivity index (χ3v) is 4.52. The van der Waals surface area contributed by atoms with Crippen LogP contribution in [0.4, 0.5) is 10.5 Å². The largest absolute Gasteiger partial charge is 0.493 e. The second-order valence-electron chi connectivity index (χ2n) is 6.78. The average molecular weight is 369 g/mol. The molecular formula is C21H27N3O3. The van der Waals surface area contributed by atoms with E-state index in [1.54, 1.807) is 7.11 Å². The van der Waals surface area contributed by atoms with Crippen LogP contribution in [0.2, 0.25) is 0 Å². The molecule has 0 unspecified atom stereocenters. The van der Waals surface area contributed by atoms with E-state index in [1.165, 1.54) is 12.8 Å². The molecule has 27 heavy (non-hydrogen) atoms. The van der Waals surface area contributed by atoms with E-state index in [-0.39, 0.29) is 12.1 Å². The molecule has 1 aliphatic rings. The highest BCUT2D eigenvalue weighted by Crippen LogP contribution is 2.31. The summed E-state index contributed by atoms with van der Waals surface area (Å²) < 4.78 is 11.1. The standard InChI is InChI=1S/C21H27N3O3/c1-16(15-24-13-5-6-14-24)22-21(25)23-17-9-11-18(12-10-17)27-20-8-4-3-7-19(20)26-2/h3-4,7-12,16H,5-6,13-15H2,1-2H3,(H2,22,23,25)/t16-/m1/s1. The summed E-state index contributed by atoms with van der Waals surface area (Å²) in [6, 6.07) is 14.6. The molecule has 0 bridgehead atoms. The number of methoxy groups -OCH3 is 1. The van der Waals surface area contributed by atoms with E-state index >= 15 is 0 Å². The van der Waals surface area contributed by atoms with Crippen molar-refractivity contribution < 1.29 is 14.3 Å². The molecule has 3 rings (SSSR count). The third kappa shape index (κ3) is 5.62. The second-order valence-corrected chi connectivity index (χ2v) is 6.78. The molecular weight excluding hydrogens is 342 g/mol. The molecule has 0 spiro atoms. The predicted molar refractivity (Wildman–Crippen MR) is 107 cm³/mol. The summed E-state index contributed by atoms with van der Waals surface area (Å²) in [6.07, 6.45) is 2.50. The van der Waals surface area contributed by atoms with Crippen LogP contribution in [0.15, 0.2) is 48.5 Å². The van der Waals surface area contributed by atoms with E-state index in [9.17, 15) is 4.79 Å². The smallest absolute Gasteiger partial charge is 0.319 e. The van der Waals surface area contributed by atoms with Crippen molar-refractivity contribution in [3.8, 4) is 17.2 Å². The lowest BCUT2D eigenvalue weighted by Gasteiger charge is -2.21. The summed E-state index contributed by atoms with van der Waals surface area (Å²) in [6.45, 7) is 5.17. The normalized spacial score (nSPS) is 15.2. The number of nitrogens with one attached hydrogen (secondary N) is 2. The maximum Gasteiger partial charge on any atom is 0.319 e. The first-order valence-corrected chi connectivity index (χ1v) is 9.35. The highest BCUT2D eigenvalue weighted by Gasteiger charge is 2.16. The van der Waals surface area contributed by atoms with Gasteiger partial charge < -0.3 is 25.0 Å². The van der Waals surface area contributed by atoms with E-state index in [2.05, 4.69) is 15.5 Å². The zero-order chi connectivity index (χ0) is 19.1. The van der Waals surface area contributed by atoms with Gasteiger partial charge in [-0.15, -0.1) is 0 Å². The molecule has 0 radical (unpaired) electrons. The Morgan fingerprint density at radius 3 is 2.41 bits per heavy atom. The van der Waals surface area contributed by atoms with Gasteiger partial charge in [-0.05, 0) is 69.3 Å². The third-order valence-electron chi connectivity index (χ3n) is 4.52. The monoisotopic (exact) mass is 369 g/mol. The maximum absolute atomic E-state index is 12.2. The molecule has 6 heteroatoms. The van der Waals surface area contributed by atoms with Crippen molar-refractivity contribution in [2.45, 2.75) is 25.8 Å². The van der Waals surface area contributed by atoms with Crippen LogP contribution in [0, 0.1) is 0 Å². The van der Waals surface area contributed by atoms with E-state index in [0.29, 0.717) is 22.9 Å².